The van der Waals surface area contributed by atoms with Gasteiger partial charge in [0.1, 0.15) is 0 Å². The van der Waals surface area contributed by atoms with Gasteiger partial charge in [0, 0.05) is 6.04 Å². The molecule has 0 aromatic rings. The molecule has 0 aromatic heterocycles. The van der Waals surface area contributed by atoms with Gasteiger partial charge in [0.2, 0.25) is 0 Å². The first-order valence-corrected chi connectivity index (χ1v) is 7.41. The van der Waals surface area contributed by atoms with Crippen molar-refractivity contribution in [3.63, 3.8) is 0 Å². The highest BCUT2D eigenvalue weighted by atomic mass is 16.3. The molecule has 2 nitrogen and oxygen atoms in total. The molecule has 100 valence electrons. The maximum atomic E-state index is 9.94. The van der Waals surface area contributed by atoms with Gasteiger partial charge in [0.05, 0.1) is 6.10 Å². The van der Waals surface area contributed by atoms with Crippen LogP contribution in [0.25, 0.3) is 0 Å². The Hall–Kier alpha value is -0.0800. The number of rotatable bonds is 1. The third-order valence-corrected chi connectivity index (χ3v) is 5.01. The zero-order chi connectivity index (χ0) is 12.5. The highest BCUT2D eigenvalue weighted by Gasteiger charge is 2.39. The summed E-state index contributed by atoms with van der Waals surface area (Å²) in [5, 5.41) is 9.94. The van der Waals surface area contributed by atoms with Crippen LogP contribution in [-0.4, -0.2) is 35.2 Å². The molecule has 0 spiro atoms. The summed E-state index contributed by atoms with van der Waals surface area (Å²) in [6, 6.07) is 0.594. The Morgan fingerprint density at radius 1 is 1.12 bits per heavy atom. The highest BCUT2D eigenvalue weighted by Crippen LogP contribution is 2.39. The average Bonchev–Trinajstić information content (AvgIpc) is 2.47. The topological polar surface area (TPSA) is 23.5 Å². The van der Waals surface area contributed by atoms with E-state index in [1.807, 2.05) is 0 Å². The molecule has 2 rings (SSSR count). The molecule has 0 aromatic carbocycles. The fourth-order valence-electron chi connectivity index (χ4n) is 3.64. The van der Waals surface area contributed by atoms with E-state index in [1.54, 1.807) is 0 Å². The van der Waals surface area contributed by atoms with Gasteiger partial charge in [-0.25, -0.2) is 0 Å². The van der Waals surface area contributed by atoms with Crippen molar-refractivity contribution in [2.24, 2.45) is 11.3 Å². The zero-order valence-electron chi connectivity index (χ0n) is 11.8. The Morgan fingerprint density at radius 3 is 2.65 bits per heavy atom. The monoisotopic (exact) mass is 239 g/mol. The molecular weight excluding hydrogens is 210 g/mol. The predicted molar refractivity (Wildman–Crippen MR) is 72.0 cm³/mol. The zero-order valence-corrected chi connectivity index (χ0v) is 11.8. The number of aliphatic hydroxyl groups excluding tert-OH is 1. The van der Waals surface area contributed by atoms with Crippen molar-refractivity contribution in [3.05, 3.63) is 0 Å². The van der Waals surface area contributed by atoms with E-state index in [0.717, 1.165) is 18.8 Å². The van der Waals surface area contributed by atoms with Crippen molar-refractivity contribution in [3.8, 4) is 0 Å². The van der Waals surface area contributed by atoms with Crippen LogP contribution in [0.3, 0.4) is 0 Å². The maximum absolute atomic E-state index is 9.94. The van der Waals surface area contributed by atoms with Crippen molar-refractivity contribution in [2.75, 3.05) is 13.1 Å². The van der Waals surface area contributed by atoms with Crippen LogP contribution in [0, 0.1) is 11.3 Å². The molecule has 0 bridgehead atoms. The summed E-state index contributed by atoms with van der Waals surface area (Å²) in [5.41, 5.74) is 0.382. The molecule has 0 radical (unpaired) electrons. The number of likely N-dealkylation sites (tertiary alicyclic amines) is 1. The van der Waals surface area contributed by atoms with E-state index in [-0.39, 0.29) is 6.10 Å². The van der Waals surface area contributed by atoms with Gasteiger partial charge in [-0.1, -0.05) is 20.8 Å². The molecule has 3 atom stereocenters. The number of hydrogen-bond donors (Lipinski definition) is 1. The molecule has 1 aliphatic carbocycles. The van der Waals surface area contributed by atoms with E-state index in [2.05, 4.69) is 25.7 Å². The second-order valence-electron chi connectivity index (χ2n) is 7.00. The first-order valence-electron chi connectivity index (χ1n) is 7.41. The quantitative estimate of drug-likeness (QED) is 0.760. The van der Waals surface area contributed by atoms with E-state index in [4.69, 9.17) is 0 Å². The van der Waals surface area contributed by atoms with Crippen LogP contribution < -0.4 is 0 Å². The lowest BCUT2D eigenvalue weighted by atomic mass is 9.71. The first kappa shape index (κ1) is 13.4. The summed E-state index contributed by atoms with van der Waals surface area (Å²) in [6.45, 7) is 9.63. The first-order chi connectivity index (χ1) is 7.99. The van der Waals surface area contributed by atoms with E-state index >= 15 is 0 Å². The standard InChI is InChI=1S/C15H29NO/c1-12-5-4-9-16(10-7-12)14-11-13(17)6-8-15(14,2)3/h12-14,17H,4-11H2,1-3H3. The van der Waals surface area contributed by atoms with Gasteiger partial charge in [-0.05, 0) is 62.9 Å². The Balaban J connectivity index is 2.02. The van der Waals surface area contributed by atoms with Gasteiger partial charge in [-0.3, -0.25) is 4.90 Å². The van der Waals surface area contributed by atoms with Gasteiger partial charge in [-0.15, -0.1) is 0 Å². The number of nitrogens with zero attached hydrogens (tertiary/aromatic N) is 1. The fourth-order valence-corrected chi connectivity index (χ4v) is 3.64. The van der Waals surface area contributed by atoms with E-state index < -0.39 is 0 Å². The van der Waals surface area contributed by atoms with Gasteiger partial charge in [0.25, 0.3) is 0 Å². The minimum absolute atomic E-state index is 0.0614. The SMILES string of the molecule is CC1CCCN(C2CC(O)CCC2(C)C)CC1. The Morgan fingerprint density at radius 2 is 1.88 bits per heavy atom. The molecule has 3 unspecified atom stereocenters. The summed E-state index contributed by atoms with van der Waals surface area (Å²) in [7, 11) is 0. The predicted octanol–water partition coefficient (Wildman–Crippen LogP) is 3.05. The molecule has 1 heterocycles. The van der Waals surface area contributed by atoms with Crippen LogP contribution >= 0.6 is 0 Å². The Bertz CT molecular complexity index is 251. The van der Waals surface area contributed by atoms with Crippen molar-refractivity contribution < 1.29 is 5.11 Å². The minimum atomic E-state index is -0.0614. The summed E-state index contributed by atoms with van der Waals surface area (Å²) < 4.78 is 0. The Kier molecular flexibility index (Phi) is 4.14. The molecule has 1 N–H and O–H groups in total. The van der Waals surface area contributed by atoms with Crippen molar-refractivity contribution in [1.82, 2.24) is 4.90 Å². The van der Waals surface area contributed by atoms with Crippen LogP contribution in [0.1, 0.15) is 59.3 Å². The van der Waals surface area contributed by atoms with Crippen molar-refractivity contribution >= 4 is 0 Å². The van der Waals surface area contributed by atoms with E-state index in [9.17, 15) is 5.11 Å². The second kappa shape index (κ2) is 5.27. The number of aliphatic hydroxyl groups is 1. The van der Waals surface area contributed by atoms with Crippen LogP contribution in [0.2, 0.25) is 0 Å². The van der Waals surface area contributed by atoms with Crippen LogP contribution in [-0.2, 0) is 0 Å². The molecule has 17 heavy (non-hydrogen) atoms. The number of hydrogen-bond acceptors (Lipinski definition) is 2. The van der Waals surface area contributed by atoms with Gasteiger partial charge >= 0.3 is 0 Å². The molecule has 2 aliphatic rings. The second-order valence-corrected chi connectivity index (χ2v) is 7.00. The van der Waals surface area contributed by atoms with Crippen LogP contribution in [0.15, 0.2) is 0 Å². The highest BCUT2D eigenvalue weighted by molar-refractivity contribution is 4.93. The molecule has 0 amide bonds. The Labute approximate surface area is 106 Å². The van der Waals surface area contributed by atoms with Crippen molar-refractivity contribution in [1.29, 1.82) is 0 Å². The van der Waals surface area contributed by atoms with Gasteiger partial charge in [0.15, 0.2) is 0 Å². The van der Waals surface area contributed by atoms with Gasteiger partial charge < -0.3 is 5.11 Å². The molecule has 2 heteroatoms. The minimum Gasteiger partial charge on any atom is -0.393 e. The largest absolute Gasteiger partial charge is 0.393 e. The van der Waals surface area contributed by atoms with E-state index in [1.165, 1.54) is 38.8 Å². The molecule has 1 saturated heterocycles. The fraction of sp³-hybridized carbons (Fsp3) is 1.00. The third-order valence-electron chi connectivity index (χ3n) is 5.01. The lowest BCUT2D eigenvalue weighted by Crippen LogP contribution is -2.50. The summed E-state index contributed by atoms with van der Waals surface area (Å²) >= 11 is 0. The molecule has 2 fully saturated rings. The summed E-state index contributed by atoms with van der Waals surface area (Å²) in [6.07, 6.45) is 7.15. The lowest BCUT2D eigenvalue weighted by molar-refractivity contribution is -0.0105. The molecular formula is C15H29NO. The van der Waals surface area contributed by atoms with Gasteiger partial charge in [-0.2, -0.15) is 0 Å². The normalized spacial score (nSPS) is 39.9. The smallest absolute Gasteiger partial charge is 0.0555 e. The maximum Gasteiger partial charge on any atom is 0.0555 e. The van der Waals surface area contributed by atoms with Crippen LogP contribution in [0.4, 0.5) is 0 Å². The van der Waals surface area contributed by atoms with Crippen LogP contribution in [0.5, 0.6) is 0 Å². The summed E-state index contributed by atoms with van der Waals surface area (Å²) in [5.74, 6) is 0.886. The average molecular weight is 239 g/mol. The van der Waals surface area contributed by atoms with E-state index in [0.29, 0.717) is 11.5 Å². The van der Waals surface area contributed by atoms with Crippen molar-refractivity contribution in [2.45, 2.75) is 71.4 Å². The summed E-state index contributed by atoms with van der Waals surface area (Å²) in [4.78, 5) is 2.67. The molecule has 1 saturated carbocycles. The third kappa shape index (κ3) is 3.23. The molecule has 1 aliphatic heterocycles. The lowest BCUT2D eigenvalue weighted by Gasteiger charge is -2.46.